The number of hydrogen-bond acceptors (Lipinski definition) is 5. The van der Waals surface area contributed by atoms with Crippen LogP contribution in [0.3, 0.4) is 0 Å². The first-order chi connectivity index (χ1) is 16.5. The predicted molar refractivity (Wildman–Crippen MR) is 126 cm³/mol. The molecule has 2 amide bonds. The number of carboxylic acids is 1. The Balaban J connectivity index is 1.75. The summed E-state index contributed by atoms with van der Waals surface area (Å²) in [5.74, 6) is -0.224. The molecule has 0 aromatic heterocycles. The Hall–Kier alpha value is -3.42. The van der Waals surface area contributed by atoms with E-state index in [9.17, 15) is 14.7 Å². The summed E-state index contributed by atoms with van der Waals surface area (Å²) >= 11 is 0. The minimum atomic E-state index is -0.935. The fourth-order valence-electron chi connectivity index (χ4n) is 4.92. The third-order valence-electron chi connectivity index (χ3n) is 6.75. The molecular weight excluding hydrogens is 436 g/mol. The summed E-state index contributed by atoms with van der Waals surface area (Å²) in [5.41, 5.74) is 1.60. The molecule has 2 aromatic rings. The lowest BCUT2D eigenvalue weighted by molar-refractivity contribution is -0.143. The SMILES string of the molecule is CCCCN(CC)C(=O)N1C[C@H](c2ccc3c(c2)OCO3)[C@H](C(=O)O)[C@H]1c1ccc(OC)cc1. The van der Waals surface area contributed by atoms with Gasteiger partial charge in [-0.25, -0.2) is 4.79 Å². The van der Waals surface area contributed by atoms with E-state index in [4.69, 9.17) is 14.2 Å². The van der Waals surface area contributed by atoms with E-state index in [0.29, 0.717) is 36.9 Å². The van der Waals surface area contributed by atoms with Crippen LogP contribution in [-0.4, -0.2) is 60.4 Å². The van der Waals surface area contributed by atoms with Crippen LogP contribution in [0.4, 0.5) is 4.79 Å². The number of carbonyl (C=O) groups excluding carboxylic acids is 1. The fourth-order valence-corrected chi connectivity index (χ4v) is 4.92. The Labute approximate surface area is 200 Å². The maximum absolute atomic E-state index is 13.7. The van der Waals surface area contributed by atoms with Gasteiger partial charge in [0.25, 0.3) is 0 Å². The van der Waals surface area contributed by atoms with Crippen molar-refractivity contribution in [1.82, 2.24) is 9.80 Å². The Morgan fingerprint density at radius 2 is 1.79 bits per heavy atom. The Kier molecular flexibility index (Phi) is 7.14. The number of aliphatic carboxylic acids is 1. The number of likely N-dealkylation sites (tertiary alicyclic amines) is 1. The van der Waals surface area contributed by atoms with Crippen LogP contribution >= 0.6 is 0 Å². The van der Waals surface area contributed by atoms with Crippen molar-refractivity contribution in [3.8, 4) is 17.2 Å². The van der Waals surface area contributed by atoms with E-state index in [0.717, 1.165) is 24.0 Å². The minimum Gasteiger partial charge on any atom is -0.497 e. The van der Waals surface area contributed by atoms with Gasteiger partial charge in [0.2, 0.25) is 6.79 Å². The van der Waals surface area contributed by atoms with Gasteiger partial charge in [0, 0.05) is 25.6 Å². The van der Waals surface area contributed by atoms with Gasteiger partial charge < -0.3 is 29.1 Å². The van der Waals surface area contributed by atoms with Gasteiger partial charge in [-0.3, -0.25) is 4.79 Å². The lowest BCUT2D eigenvalue weighted by atomic mass is 9.83. The van der Waals surface area contributed by atoms with Crippen molar-refractivity contribution in [3.05, 3.63) is 53.6 Å². The molecular formula is C26H32N2O6. The summed E-state index contributed by atoms with van der Waals surface area (Å²) < 4.78 is 16.2. The summed E-state index contributed by atoms with van der Waals surface area (Å²) in [4.78, 5) is 29.9. The van der Waals surface area contributed by atoms with Crippen molar-refractivity contribution in [2.75, 3.05) is 33.5 Å². The molecule has 8 nitrogen and oxygen atoms in total. The molecule has 34 heavy (non-hydrogen) atoms. The summed E-state index contributed by atoms with van der Waals surface area (Å²) in [6.45, 7) is 5.70. The van der Waals surface area contributed by atoms with Crippen LogP contribution in [0.15, 0.2) is 42.5 Å². The number of hydrogen-bond donors (Lipinski definition) is 1. The number of fused-ring (bicyclic) bond motifs is 1. The van der Waals surface area contributed by atoms with Crippen LogP contribution in [0.5, 0.6) is 17.2 Å². The van der Waals surface area contributed by atoms with Gasteiger partial charge in [0.15, 0.2) is 11.5 Å². The van der Waals surface area contributed by atoms with Crippen molar-refractivity contribution in [3.63, 3.8) is 0 Å². The van der Waals surface area contributed by atoms with Crippen LogP contribution < -0.4 is 14.2 Å². The van der Waals surface area contributed by atoms with Crippen molar-refractivity contribution < 1.29 is 28.9 Å². The number of benzene rings is 2. The maximum atomic E-state index is 13.7. The summed E-state index contributed by atoms with van der Waals surface area (Å²) in [6.07, 6.45) is 1.87. The fraction of sp³-hybridized carbons (Fsp3) is 0.462. The van der Waals surface area contributed by atoms with Crippen molar-refractivity contribution >= 4 is 12.0 Å². The molecule has 0 unspecified atom stereocenters. The zero-order chi connectivity index (χ0) is 24.2. The van der Waals surface area contributed by atoms with Crippen LogP contribution in [-0.2, 0) is 4.79 Å². The van der Waals surface area contributed by atoms with Gasteiger partial charge >= 0.3 is 12.0 Å². The standard InChI is InChI=1S/C26H32N2O6/c1-4-6-13-27(5-2)26(31)28-15-20(18-9-12-21-22(14-18)34-16-33-21)23(25(29)30)24(28)17-7-10-19(32-3)11-8-17/h7-12,14,20,23-24H,4-6,13,15-16H2,1-3H3,(H,29,30)/t20-,23+,24-/m1/s1. The number of amides is 2. The molecule has 0 spiro atoms. The highest BCUT2D eigenvalue weighted by atomic mass is 16.7. The second kappa shape index (κ2) is 10.2. The molecule has 2 aromatic carbocycles. The Morgan fingerprint density at radius 3 is 2.44 bits per heavy atom. The quantitative estimate of drug-likeness (QED) is 0.613. The topological polar surface area (TPSA) is 88.5 Å². The Morgan fingerprint density at radius 1 is 1.09 bits per heavy atom. The lowest BCUT2D eigenvalue weighted by Crippen LogP contribution is -2.44. The van der Waals surface area contributed by atoms with E-state index in [1.165, 1.54) is 0 Å². The highest BCUT2D eigenvalue weighted by Crippen LogP contribution is 2.48. The molecule has 2 heterocycles. The largest absolute Gasteiger partial charge is 0.497 e. The highest BCUT2D eigenvalue weighted by molar-refractivity contribution is 5.80. The summed E-state index contributed by atoms with van der Waals surface area (Å²) in [7, 11) is 1.59. The maximum Gasteiger partial charge on any atom is 0.320 e. The molecule has 1 fully saturated rings. The van der Waals surface area contributed by atoms with Crippen LogP contribution in [0.1, 0.15) is 49.8 Å². The average Bonchev–Trinajstić information content (AvgIpc) is 3.49. The number of ether oxygens (including phenoxy) is 3. The van der Waals surface area contributed by atoms with E-state index in [-0.39, 0.29) is 12.8 Å². The number of rotatable bonds is 8. The molecule has 3 atom stereocenters. The first-order valence-corrected chi connectivity index (χ1v) is 11.8. The van der Waals surface area contributed by atoms with Gasteiger partial charge in [-0.1, -0.05) is 31.5 Å². The molecule has 1 saturated heterocycles. The summed E-state index contributed by atoms with van der Waals surface area (Å²) in [6, 6.07) is 12.1. The van der Waals surface area contributed by atoms with Gasteiger partial charge in [-0.15, -0.1) is 0 Å². The monoisotopic (exact) mass is 468 g/mol. The third-order valence-corrected chi connectivity index (χ3v) is 6.75. The number of nitrogens with zero attached hydrogens (tertiary/aromatic N) is 2. The molecule has 8 heteroatoms. The highest BCUT2D eigenvalue weighted by Gasteiger charge is 2.50. The third kappa shape index (κ3) is 4.49. The smallest absolute Gasteiger partial charge is 0.320 e. The second-order valence-electron chi connectivity index (χ2n) is 8.67. The average molecular weight is 469 g/mol. The molecule has 2 aliphatic rings. The molecule has 1 N–H and O–H groups in total. The summed E-state index contributed by atoms with van der Waals surface area (Å²) in [5, 5.41) is 10.4. The predicted octanol–water partition coefficient (Wildman–Crippen LogP) is 4.51. The van der Waals surface area contributed by atoms with E-state index in [1.807, 2.05) is 37.3 Å². The van der Waals surface area contributed by atoms with Gasteiger partial charge in [-0.2, -0.15) is 0 Å². The lowest BCUT2D eigenvalue weighted by Gasteiger charge is -2.32. The molecule has 0 bridgehead atoms. The zero-order valence-electron chi connectivity index (χ0n) is 19.9. The molecule has 2 aliphatic heterocycles. The van der Waals surface area contributed by atoms with E-state index in [1.54, 1.807) is 29.0 Å². The molecule has 182 valence electrons. The molecule has 4 rings (SSSR count). The van der Waals surface area contributed by atoms with Crippen LogP contribution in [0, 0.1) is 5.92 Å². The first-order valence-electron chi connectivity index (χ1n) is 11.8. The number of methoxy groups -OCH3 is 1. The van der Waals surface area contributed by atoms with Crippen molar-refractivity contribution in [2.45, 2.75) is 38.6 Å². The molecule has 0 aliphatic carbocycles. The van der Waals surface area contributed by atoms with Crippen molar-refractivity contribution in [2.24, 2.45) is 5.92 Å². The van der Waals surface area contributed by atoms with E-state index >= 15 is 0 Å². The number of carboxylic acid groups (broad SMARTS) is 1. The van der Waals surface area contributed by atoms with Crippen molar-refractivity contribution in [1.29, 1.82) is 0 Å². The second-order valence-corrected chi connectivity index (χ2v) is 8.67. The van der Waals surface area contributed by atoms with Gasteiger partial charge in [0.1, 0.15) is 5.75 Å². The van der Waals surface area contributed by atoms with E-state index in [2.05, 4.69) is 6.92 Å². The van der Waals surface area contributed by atoms with Crippen LogP contribution in [0.2, 0.25) is 0 Å². The van der Waals surface area contributed by atoms with E-state index < -0.39 is 23.8 Å². The van der Waals surface area contributed by atoms with Gasteiger partial charge in [-0.05, 0) is 48.7 Å². The first kappa shape index (κ1) is 23.7. The zero-order valence-corrected chi connectivity index (χ0v) is 19.9. The normalized spacial score (nSPS) is 20.9. The minimum absolute atomic E-state index is 0.133. The number of carbonyl (C=O) groups is 2. The molecule has 0 radical (unpaired) electrons. The van der Waals surface area contributed by atoms with Crippen LogP contribution in [0.25, 0.3) is 0 Å². The molecule has 0 saturated carbocycles. The number of urea groups is 1. The number of unbranched alkanes of at least 4 members (excludes halogenated alkanes) is 1. The Bertz CT molecular complexity index is 1020. The van der Waals surface area contributed by atoms with Gasteiger partial charge in [0.05, 0.1) is 19.1 Å².